The molecule has 0 saturated carbocycles. The summed E-state index contributed by atoms with van der Waals surface area (Å²) in [7, 11) is 7.75. The van der Waals surface area contributed by atoms with E-state index in [2.05, 4.69) is 61.2 Å². The maximum atomic E-state index is 5.55. The Morgan fingerprint density at radius 2 is 1.87 bits per heavy atom. The van der Waals surface area contributed by atoms with Crippen LogP contribution in [0.3, 0.4) is 0 Å². The standard InChI is InChI=1S/C25H31N3O2/c1-17-6-7-18-13-20(15-28(3)21-10-11-27(2)16-21)25(26-22(18)12-17)19-8-9-23(29-4)24(14-19)30-5/h6-9,12-14,21H,10-11,15-16H2,1-5H3/t21-/m1/s1. The van der Waals surface area contributed by atoms with E-state index < -0.39 is 0 Å². The lowest BCUT2D eigenvalue weighted by Gasteiger charge is -2.25. The van der Waals surface area contributed by atoms with Gasteiger partial charge in [0.05, 0.1) is 25.4 Å². The highest BCUT2D eigenvalue weighted by Gasteiger charge is 2.24. The average Bonchev–Trinajstić information content (AvgIpc) is 3.19. The third kappa shape index (κ3) is 4.13. The van der Waals surface area contributed by atoms with Crippen LogP contribution in [-0.4, -0.2) is 62.2 Å². The molecule has 158 valence electrons. The molecule has 1 aliphatic rings. The molecule has 30 heavy (non-hydrogen) atoms. The van der Waals surface area contributed by atoms with Gasteiger partial charge in [-0.05, 0) is 75.4 Å². The number of nitrogens with zero attached hydrogens (tertiary/aromatic N) is 3. The molecule has 0 spiro atoms. The van der Waals surface area contributed by atoms with Crippen LogP contribution in [0.15, 0.2) is 42.5 Å². The molecule has 1 fully saturated rings. The van der Waals surface area contributed by atoms with Crippen molar-refractivity contribution in [2.75, 3.05) is 41.4 Å². The maximum Gasteiger partial charge on any atom is 0.161 e. The van der Waals surface area contributed by atoms with E-state index in [1.54, 1.807) is 14.2 Å². The van der Waals surface area contributed by atoms with Gasteiger partial charge in [-0.1, -0.05) is 12.1 Å². The topological polar surface area (TPSA) is 37.8 Å². The van der Waals surface area contributed by atoms with Crippen molar-refractivity contribution in [3.8, 4) is 22.8 Å². The summed E-state index contributed by atoms with van der Waals surface area (Å²) < 4.78 is 11.0. The minimum atomic E-state index is 0.571. The zero-order valence-corrected chi connectivity index (χ0v) is 18.6. The SMILES string of the molecule is COc1ccc(-c2nc3cc(C)ccc3cc2CN(C)[C@@H]2CCN(C)C2)cc1OC. The van der Waals surface area contributed by atoms with Gasteiger partial charge in [0.2, 0.25) is 0 Å². The predicted octanol–water partition coefficient (Wildman–Crippen LogP) is 4.36. The molecule has 2 aromatic carbocycles. The van der Waals surface area contributed by atoms with Crippen molar-refractivity contribution in [1.29, 1.82) is 0 Å². The molecule has 0 N–H and O–H groups in total. The third-order valence-electron chi connectivity index (χ3n) is 6.12. The van der Waals surface area contributed by atoms with E-state index in [0.717, 1.165) is 47.9 Å². The summed E-state index contributed by atoms with van der Waals surface area (Å²) in [4.78, 5) is 9.96. The van der Waals surface area contributed by atoms with Crippen LogP contribution in [0, 0.1) is 6.92 Å². The number of ether oxygens (including phenoxy) is 2. The number of pyridine rings is 1. The second-order valence-electron chi connectivity index (χ2n) is 8.38. The second-order valence-corrected chi connectivity index (χ2v) is 8.38. The van der Waals surface area contributed by atoms with Gasteiger partial charge in [0.1, 0.15) is 0 Å². The van der Waals surface area contributed by atoms with Gasteiger partial charge in [-0.15, -0.1) is 0 Å². The average molecular weight is 406 g/mol. The highest BCUT2D eigenvalue weighted by Crippen LogP contribution is 2.34. The number of fused-ring (bicyclic) bond motifs is 1. The Hall–Kier alpha value is -2.63. The first-order valence-corrected chi connectivity index (χ1v) is 10.5. The monoisotopic (exact) mass is 405 g/mol. The van der Waals surface area contributed by atoms with Crippen LogP contribution in [0.4, 0.5) is 0 Å². The lowest BCUT2D eigenvalue weighted by molar-refractivity contribution is 0.234. The summed E-state index contributed by atoms with van der Waals surface area (Å²) in [6, 6.07) is 15.4. The van der Waals surface area contributed by atoms with Crippen molar-refractivity contribution in [3.63, 3.8) is 0 Å². The zero-order chi connectivity index (χ0) is 21.3. The van der Waals surface area contributed by atoms with Crippen molar-refractivity contribution < 1.29 is 9.47 Å². The first kappa shape index (κ1) is 20.6. The summed E-state index contributed by atoms with van der Waals surface area (Å²) >= 11 is 0. The van der Waals surface area contributed by atoms with E-state index in [0.29, 0.717) is 6.04 Å². The fourth-order valence-corrected chi connectivity index (χ4v) is 4.34. The molecule has 1 atom stereocenters. The molecule has 5 heteroatoms. The Kier molecular flexibility index (Phi) is 5.93. The number of hydrogen-bond donors (Lipinski definition) is 0. The van der Waals surface area contributed by atoms with Crippen molar-refractivity contribution in [2.24, 2.45) is 0 Å². The smallest absolute Gasteiger partial charge is 0.161 e. The first-order valence-electron chi connectivity index (χ1n) is 10.5. The second kappa shape index (κ2) is 8.62. The van der Waals surface area contributed by atoms with Crippen LogP contribution in [0.2, 0.25) is 0 Å². The van der Waals surface area contributed by atoms with Gasteiger partial charge in [0.25, 0.3) is 0 Å². The van der Waals surface area contributed by atoms with Crippen molar-refractivity contribution in [3.05, 3.63) is 53.6 Å². The molecule has 0 aliphatic carbocycles. The highest BCUT2D eigenvalue weighted by atomic mass is 16.5. The molecule has 1 saturated heterocycles. The fourth-order valence-electron chi connectivity index (χ4n) is 4.34. The Morgan fingerprint density at radius 1 is 1.07 bits per heavy atom. The summed E-state index contributed by atoms with van der Waals surface area (Å²) in [6.07, 6.45) is 1.21. The summed E-state index contributed by atoms with van der Waals surface area (Å²) in [6.45, 7) is 5.24. The van der Waals surface area contributed by atoms with Crippen LogP contribution >= 0.6 is 0 Å². The first-order chi connectivity index (χ1) is 14.5. The number of methoxy groups -OCH3 is 2. The zero-order valence-electron chi connectivity index (χ0n) is 18.6. The molecule has 1 aromatic heterocycles. The Labute approximate surface area is 179 Å². The third-order valence-corrected chi connectivity index (χ3v) is 6.12. The minimum Gasteiger partial charge on any atom is -0.493 e. The molecule has 5 nitrogen and oxygen atoms in total. The molecule has 0 radical (unpaired) electrons. The molecule has 0 bridgehead atoms. The summed E-state index contributed by atoms with van der Waals surface area (Å²) in [5.41, 5.74) is 5.52. The van der Waals surface area contributed by atoms with Gasteiger partial charge in [0, 0.05) is 30.1 Å². The van der Waals surface area contributed by atoms with Crippen LogP contribution in [0.25, 0.3) is 22.2 Å². The van der Waals surface area contributed by atoms with Gasteiger partial charge >= 0.3 is 0 Å². The minimum absolute atomic E-state index is 0.571. The number of benzene rings is 2. The largest absolute Gasteiger partial charge is 0.493 e. The number of rotatable bonds is 6. The lowest BCUT2D eigenvalue weighted by Crippen LogP contribution is -2.33. The highest BCUT2D eigenvalue weighted by molar-refractivity contribution is 5.84. The van der Waals surface area contributed by atoms with E-state index in [1.807, 2.05) is 12.1 Å². The number of aryl methyl sites for hydroxylation is 1. The van der Waals surface area contributed by atoms with Crippen molar-refractivity contribution in [1.82, 2.24) is 14.8 Å². The van der Waals surface area contributed by atoms with E-state index in [1.165, 1.54) is 22.9 Å². The molecule has 4 rings (SSSR count). The Morgan fingerprint density at radius 3 is 2.57 bits per heavy atom. The normalized spacial score (nSPS) is 17.1. The van der Waals surface area contributed by atoms with Gasteiger partial charge in [-0.25, -0.2) is 4.98 Å². The molecule has 2 heterocycles. The number of hydrogen-bond acceptors (Lipinski definition) is 5. The quantitative estimate of drug-likeness (QED) is 0.609. The van der Waals surface area contributed by atoms with E-state index in [9.17, 15) is 0 Å². The van der Waals surface area contributed by atoms with Crippen LogP contribution in [0.1, 0.15) is 17.5 Å². The fraction of sp³-hybridized carbons (Fsp3) is 0.400. The molecule has 1 aliphatic heterocycles. The van der Waals surface area contributed by atoms with Gasteiger partial charge in [-0.3, -0.25) is 4.90 Å². The summed E-state index contributed by atoms with van der Waals surface area (Å²) in [5, 5.41) is 1.18. The molecule has 0 unspecified atom stereocenters. The molecular weight excluding hydrogens is 374 g/mol. The van der Waals surface area contributed by atoms with E-state index >= 15 is 0 Å². The number of likely N-dealkylation sites (N-methyl/N-ethyl adjacent to an activating group) is 2. The van der Waals surface area contributed by atoms with Crippen LogP contribution in [-0.2, 0) is 6.54 Å². The van der Waals surface area contributed by atoms with Crippen LogP contribution in [0.5, 0.6) is 11.5 Å². The Balaban J connectivity index is 1.78. The summed E-state index contributed by atoms with van der Waals surface area (Å²) in [5.74, 6) is 1.45. The molecular formula is C25H31N3O2. The van der Waals surface area contributed by atoms with E-state index in [4.69, 9.17) is 14.5 Å². The van der Waals surface area contributed by atoms with Crippen LogP contribution < -0.4 is 9.47 Å². The Bertz CT molecular complexity index is 1050. The molecule has 0 amide bonds. The van der Waals surface area contributed by atoms with Gasteiger partial charge in [-0.2, -0.15) is 0 Å². The predicted molar refractivity (Wildman–Crippen MR) is 122 cm³/mol. The van der Waals surface area contributed by atoms with E-state index in [-0.39, 0.29) is 0 Å². The van der Waals surface area contributed by atoms with Gasteiger partial charge in [0.15, 0.2) is 11.5 Å². The van der Waals surface area contributed by atoms with Crippen molar-refractivity contribution >= 4 is 10.9 Å². The van der Waals surface area contributed by atoms with Crippen molar-refractivity contribution in [2.45, 2.75) is 25.9 Å². The number of likely N-dealkylation sites (tertiary alicyclic amines) is 1. The lowest BCUT2D eigenvalue weighted by atomic mass is 10.0. The maximum absolute atomic E-state index is 5.55. The molecule has 3 aromatic rings. The number of aromatic nitrogens is 1. The van der Waals surface area contributed by atoms with Gasteiger partial charge < -0.3 is 14.4 Å².